The van der Waals surface area contributed by atoms with Gasteiger partial charge in [0.1, 0.15) is 0 Å². The molecule has 0 aliphatic carbocycles. The van der Waals surface area contributed by atoms with Gasteiger partial charge in [-0.2, -0.15) is 0 Å². The van der Waals surface area contributed by atoms with E-state index in [2.05, 4.69) is 10.3 Å². The number of carbonyl (C=O) groups excluding carboxylic acids is 1. The Kier molecular flexibility index (Phi) is 4.95. The van der Waals surface area contributed by atoms with Crippen molar-refractivity contribution in [3.8, 4) is 0 Å². The van der Waals surface area contributed by atoms with Crippen LogP contribution in [0.1, 0.15) is 17.2 Å². The van der Waals surface area contributed by atoms with Crippen LogP contribution in [-0.4, -0.2) is 16.0 Å². The fraction of sp³-hybridized carbons (Fsp3) is 0.143. The summed E-state index contributed by atoms with van der Waals surface area (Å²) in [6, 6.07) is 8.11. The molecule has 2 N–H and O–H groups in total. The highest BCUT2D eigenvalue weighted by Crippen LogP contribution is 2.23. The van der Waals surface area contributed by atoms with Crippen molar-refractivity contribution in [3.63, 3.8) is 0 Å². The summed E-state index contributed by atoms with van der Waals surface area (Å²) in [7, 11) is 0. The molecule has 1 unspecified atom stereocenters. The van der Waals surface area contributed by atoms with Crippen molar-refractivity contribution in [1.82, 2.24) is 10.3 Å². The Morgan fingerprint density at radius 3 is 2.40 bits per heavy atom. The quantitative estimate of drug-likeness (QED) is 0.912. The first kappa shape index (κ1) is 14.8. The molecule has 1 atom stereocenters. The fourth-order valence-corrected chi connectivity index (χ4v) is 2.21. The lowest BCUT2D eigenvalue weighted by Gasteiger charge is -2.12. The third-order valence-electron chi connectivity index (χ3n) is 2.67. The Labute approximate surface area is 126 Å². The van der Waals surface area contributed by atoms with Crippen LogP contribution in [0.5, 0.6) is 0 Å². The van der Waals surface area contributed by atoms with Crippen LogP contribution >= 0.6 is 23.2 Å². The number of aliphatic hydroxyl groups excluding tert-OH is 1. The van der Waals surface area contributed by atoms with Crippen LogP contribution in [0.4, 0.5) is 0 Å². The number of hydrogen-bond acceptors (Lipinski definition) is 3. The number of amides is 1. The molecule has 0 aliphatic rings. The molecule has 0 aliphatic heterocycles. The van der Waals surface area contributed by atoms with Crippen LogP contribution < -0.4 is 5.32 Å². The summed E-state index contributed by atoms with van der Waals surface area (Å²) in [4.78, 5) is 15.8. The molecule has 1 heterocycles. The van der Waals surface area contributed by atoms with Crippen LogP contribution in [0.3, 0.4) is 0 Å². The Morgan fingerprint density at radius 2 is 1.80 bits per heavy atom. The van der Waals surface area contributed by atoms with Crippen molar-refractivity contribution >= 4 is 29.1 Å². The number of pyridine rings is 1. The molecule has 1 aromatic carbocycles. The van der Waals surface area contributed by atoms with Gasteiger partial charge in [0.15, 0.2) is 6.10 Å². The fourth-order valence-electron chi connectivity index (χ4n) is 1.67. The van der Waals surface area contributed by atoms with Crippen molar-refractivity contribution in [2.45, 2.75) is 12.6 Å². The zero-order valence-electron chi connectivity index (χ0n) is 10.4. The maximum absolute atomic E-state index is 11.9. The molecule has 0 spiro atoms. The minimum absolute atomic E-state index is 0.312. The molecule has 0 radical (unpaired) electrons. The molecule has 20 heavy (non-hydrogen) atoms. The number of benzene rings is 1. The number of nitrogens with zero attached hydrogens (tertiary/aromatic N) is 1. The van der Waals surface area contributed by atoms with E-state index in [1.165, 1.54) is 18.2 Å². The van der Waals surface area contributed by atoms with E-state index in [1.54, 1.807) is 24.5 Å². The van der Waals surface area contributed by atoms with Crippen LogP contribution in [0.2, 0.25) is 10.0 Å². The standard InChI is InChI=1S/C14H12Cl2N2O2/c15-11-5-10(6-12(16)7-11)13(19)14(20)18-8-9-1-3-17-4-2-9/h1-7,13,19H,8H2,(H,18,20). The summed E-state index contributed by atoms with van der Waals surface area (Å²) >= 11 is 11.7. The molecule has 104 valence electrons. The van der Waals surface area contributed by atoms with Crippen molar-refractivity contribution in [1.29, 1.82) is 0 Å². The Bertz CT molecular complexity index is 585. The van der Waals surface area contributed by atoms with E-state index in [0.29, 0.717) is 22.2 Å². The molecule has 6 heteroatoms. The normalized spacial score (nSPS) is 11.9. The molecule has 0 saturated heterocycles. The maximum Gasteiger partial charge on any atom is 0.253 e. The van der Waals surface area contributed by atoms with Crippen molar-refractivity contribution in [3.05, 3.63) is 63.9 Å². The second kappa shape index (κ2) is 6.70. The van der Waals surface area contributed by atoms with Crippen molar-refractivity contribution in [2.75, 3.05) is 0 Å². The number of rotatable bonds is 4. The third-order valence-corrected chi connectivity index (χ3v) is 3.10. The van der Waals surface area contributed by atoms with Gasteiger partial charge < -0.3 is 10.4 Å². The highest BCUT2D eigenvalue weighted by molar-refractivity contribution is 6.34. The second-order valence-corrected chi connectivity index (χ2v) is 5.05. The molecule has 0 bridgehead atoms. The zero-order valence-corrected chi connectivity index (χ0v) is 11.9. The van der Waals surface area contributed by atoms with Gasteiger partial charge >= 0.3 is 0 Å². The molecule has 1 amide bonds. The molecule has 2 aromatic rings. The lowest BCUT2D eigenvalue weighted by Crippen LogP contribution is -2.28. The highest BCUT2D eigenvalue weighted by atomic mass is 35.5. The topological polar surface area (TPSA) is 62.2 Å². The van der Waals surface area contributed by atoms with Gasteiger partial charge in [0.2, 0.25) is 0 Å². The number of carbonyl (C=O) groups is 1. The number of aliphatic hydroxyl groups is 1. The Hall–Kier alpha value is -1.62. The third kappa shape index (κ3) is 3.93. The van der Waals surface area contributed by atoms with Gasteiger partial charge in [-0.1, -0.05) is 23.2 Å². The first-order valence-electron chi connectivity index (χ1n) is 5.87. The summed E-state index contributed by atoms with van der Waals surface area (Å²) in [5.41, 5.74) is 1.25. The number of aromatic nitrogens is 1. The van der Waals surface area contributed by atoms with Gasteiger partial charge in [-0.15, -0.1) is 0 Å². The molecule has 2 rings (SSSR count). The lowest BCUT2D eigenvalue weighted by atomic mass is 10.1. The summed E-state index contributed by atoms with van der Waals surface area (Å²) in [6.07, 6.45) is 1.96. The zero-order chi connectivity index (χ0) is 14.5. The van der Waals surface area contributed by atoms with Crippen LogP contribution in [0, 0.1) is 0 Å². The van der Waals surface area contributed by atoms with Crippen LogP contribution in [0.25, 0.3) is 0 Å². The number of halogens is 2. The number of hydrogen-bond donors (Lipinski definition) is 2. The van der Waals surface area contributed by atoms with E-state index in [4.69, 9.17) is 23.2 Å². The van der Waals surface area contributed by atoms with Gasteiger partial charge in [-0.05, 0) is 41.5 Å². The largest absolute Gasteiger partial charge is 0.378 e. The van der Waals surface area contributed by atoms with Crippen molar-refractivity contribution < 1.29 is 9.90 Å². The van der Waals surface area contributed by atoms with E-state index >= 15 is 0 Å². The van der Waals surface area contributed by atoms with Gasteiger partial charge in [0, 0.05) is 29.0 Å². The summed E-state index contributed by atoms with van der Waals surface area (Å²) in [6.45, 7) is 0.312. The maximum atomic E-state index is 11.9. The number of nitrogens with one attached hydrogen (secondary N) is 1. The molecular formula is C14H12Cl2N2O2. The van der Waals surface area contributed by atoms with E-state index in [0.717, 1.165) is 5.56 Å². The monoisotopic (exact) mass is 310 g/mol. The average molecular weight is 311 g/mol. The predicted molar refractivity (Wildman–Crippen MR) is 77.5 cm³/mol. The van der Waals surface area contributed by atoms with E-state index in [9.17, 15) is 9.90 Å². The molecule has 4 nitrogen and oxygen atoms in total. The Balaban J connectivity index is 2.01. The van der Waals surface area contributed by atoms with Gasteiger partial charge in [-0.3, -0.25) is 9.78 Å². The Morgan fingerprint density at radius 1 is 1.20 bits per heavy atom. The minimum atomic E-state index is -1.31. The van der Waals surface area contributed by atoms with Gasteiger partial charge in [0.25, 0.3) is 5.91 Å². The summed E-state index contributed by atoms with van der Waals surface area (Å²) in [5.74, 6) is -0.514. The lowest BCUT2D eigenvalue weighted by molar-refractivity contribution is -0.129. The molecule has 1 aromatic heterocycles. The average Bonchev–Trinajstić information content (AvgIpc) is 2.44. The summed E-state index contributed by atoms with van der Waals surface area (Å²) in [5, 5.41) is 13.3. The van der Waals surface area contributed by atoms with E-state index in [-0.39, 0.29) is 0 Å². The highest BCUT2D eigenvalue weighted by Gasteiger charge is 2.18. The minimum Gasteiger partial charge on any atom is -0.378 e. The second-order valence-electron chi connectivity index (χ2n) is 4.18. The molecule has 0 fully saturated rings. The molecular weight excluding hydrogens is 299 g/mol. The first-order chi connectivity index (χ1) is 9.56. The van der Waals surface area contributed by atoms with Crippen LogP contribution in [0.15, 0.2) is 42.7 Å². The van der Waals surface area contributed by atoms with Gasteiger partial charge in [-0.25, -0.2) is 0 Å². The van der Waals surface area contributed by atoms with E-state index < -0.39 is 12.0 Å². The SMILES string of the molecule is O=C(NCc1ccncc1)C(O)c1cc(Cl)cc(Cl)c1. The molecule has 0 saturated carbocycles. The smallest absolute Gasteiger partial charge is 0.253 e. The van der Waals surface area contributed by atoms with Crippen LogP contribution in [-0.2, 0) is 11.3 Å². The van der Waals surface area contributed by atoms with Gasteiger partial charge in [0.05, 0.1) is 0 Å². The summed E-state index contributed by atoms with van der Waals surface area (Å²) < 4.78 is 0. The van der Waals surface area contributed by atoms with Crippen molar-refractivity contribution in [2.24, 2.45) is 0 Å². The van der Waals surface area contributed by atoms with E-state index in [1.807, 2.05) is 0 Å². The predicted octanol–water partition coefficient (Wildman–Crippen LogP) is 2.74. The first-order valence-corrected chi connectivity index (χ1v) is 6.62.